The molecule has 3 aromatic rings. The summed E-state index contributed by atoms with van der Waals surface area (Å²) in [6.45, 7) is 7.57. The molecule has 1 heterocycles. The Balaban J connectivity index is 1.91. The van der Waals surface area contributed by atoms with Gasteiger partial charge in [-0.15, -0.1) is 0 Å². The van der Waals surface area contributed by atoms with Crippen molar-refractivity contribution in [3.05, 3.63) is 65.1 Å². The van der Waals surface area contributed by atoms with Gasteiger partial charge in [-0.2, -0.15) is 0 Å². The predicted molar refractivity (Wildman–Crippen MR) is 101 cm³/mol. The first-order chi connectivity index (χ1) is 12.5. The largest absolute Gasteiger partial charge is 0.494 e. The van der Waals surface area contributed by atoms with Crippen LogP contribution in [0.1, 0.15) is 35.5 Å². The highest BCUT2D eigenvalue weighted by Crippen LogP contribution is 2.29. The van der Waals surface area contributed by atoms with E-state index in [0.29, 0.717) is 25.4 Å². The minimum absolute atomic E-state index is 0.136. The van der Waals surface area contributed by atoms with E-state index in [1.54, 1.807) is 12.1 Å². The summed E-state index contributed by atoms with van der Waals surface area (Å²) in [5.41, 5.74) is 3.45. The van der Waals surface area contributed by atoms with E-state index in [1.807, 2.05) is 43.5 Å². The second-order valence-corrected chi connectivity index (χ2v) is 6.14. The lowest BCUT2D eigenvalue weighted by atomic mass is 10.1. The molecule has 136 valence electrons. The number of halogens is 1. The van der Waals surface area contributed by atoms with Crippen molar-refractivity contribution in [2.24, 2.45) is 0 Å². The molecule has 0 bridgehead atoms. The normalized spacial score (nSPS) is 10.9. The van der Waals surface area contributed by atoms with E-state index in [-0.39, 0.29) is 11.7 Å². The Bertz CT molecular complexity index is 929. The summed E-state index contributed by atoms with van der Waals surface area (Å²) in [5, 5.41) is 3.96. The number of rotatable bonds is 6. The smallest absolute Gasteiger partial charge is 0.268 e. The average Bonchev–Trinajstić information content (AvgIpc) is 2.93. The van der Waals surface area contributed by atoms with Gasteiger partial charge in [0.15, 0.2) is 0 Å². The van der Waals surface area contributed by atoms with Crippen LogP contribution in [0.5, 0.6) is 5.75 Å². The number of ether oxygens (including phenoxy) is 1. The molecule has 0 saturated carbocycles. The third kappa shape index (κ3) is 3.43. The molecule has 0 atom stereocenters. The van der Waals surface area contributed by atoms with Gasteiger partial charge in [0.2, 0.25) is 0 Å². The third-order valence-electron chi connectivity index (χ3n) is 4.50. The van der Waals surface area contributed by atoms with Crippen LogP contribution in [0.4, 0.5) is 4.39 Å². The van der Waals surface area contributed by atoms with Gasteiger partial charge in [0.25, 0.3) is 5.91 Å². The fraction of sp³-hybridized carbons (Fsp3) is 0.286. The fourth-order valence-corrected chi connectivity index (χ4v) is 3.25. The molecular weight excluding hydrogens is 331 g/mol. The quantitative estimate of drug-likeness (QED) is 0.711. The third-order valence-corrected chi connectivity index (χ3v) is 4.50. The molecule has 4 nitrogen and oxygen atoms in total. The van der Waals surface area contributed by atoms with E-state index in [1.165, 1.54) is 12.1 Å². The first kappa shape index (κ1) is 18.0. The van der Waals surface area contributed by atoms with Gasteiger partial charge >= 0.3 is 0 Å². The molecular formula is C21H23FN2O2. The van der Waals surface area contributed by atoms with E-state index >= 15 is 0 Å². The molecule has 0 unspecified atom stereocenters. The number of carbonyl (C=O) groups excluding carboxylic acids is 1. The fourth-order valence-electron chi connectivity index (χ4n) is 3.25. The Morgan fingerprint density at radius 1 is 1.15 bits per heavy atom. The van der Waals surface area contributed by atoms with Crippen LogP contribution in [0.3, 0.4) is 0 Å². The topological polar surface area (TPSA) is 43.3 Å². The molecule has 1 aromatic heterocycles. The lowest BCUT2D eigenvalue weighted by Crippen LogP contribution is -2.26. The monoisotopic (exact) mass is 354 g/mol. The number of benzene rings is 2. The lowest BCUT2D eigenvalue weighted by molar-refractivity contribution is 0.0941. The van der Waals surface area contributed by atoms with E-state index in [4.69, 9.17) is 4.74 Å². The van der Waals surface area contributed by atoms with Crippen molar-refractivity contribution < 1.29 is 13.9 Å². The number of nitrogens with zero attached hydrogens (tertiary/aromatic N) is 1. The Kier molecular flexibility index (Phi) is 5.26. The van der Waals surface area contributed by atoms with Crippen molar-refractivity contribution in [2.75, 3.05) is 6.61 Å². The van der Waals surface area contributed by atoms with E-state index in [9.17, 15) is 9.18 Å². The zero-order chi connectivity index (χ0) is 18.7. The summed E-state index contributed by atoms with van der Waals surface area (Å²) in [5.74, 6) is 0.379. The standard InChI is InChI=1S/C21H23FN2O2/c1-4-24-19-11-10-17(26-5-2)12-18(19)14(3)20(24)21(25)23-13-15-6-8-16(22)9-7-15/h6-12H,4-5,13H2,1-3H3,(H,23,25). The number of aromatic nitrogens is 1. The Labute approximate surface area is 152 Å². The summed E-state index contributed by atoms with van der Waals surface area (Å²) in [6, 6.07) is 12.0. The summed E-state index contributed by atoms with van der Waals surface area (Å²) in [4.78, 5) is 12.8. The summed E-state index contributed by atoms with van der Waals surface area (Å²) in [7, 11) is 0. The van der Waals surface area contributed by atoms with Crippen LogP contribution in [-0.4, -0.2) is 17.1 Å². The number of nitrogens with one attached hydrogen (secondary N) is 1. The second-order valence-electron chi connectivity index (χ2n) is 6.14. The van der Waals surface area contributed by atoms with Crippen molar-refractivity contribution in [3.8, 4) is 5.75 Å². The van der Waals surface area contributed by atoms with Crippen molar-refractivity contribution in [3.63, 3.8) is 0 Å². The molecule has 0 aliphatic carbocycles. The maximum atomic E-state index is 13.0. The maximum Gasteiger partial charge on any atom is 0.268 e. The summed E-state index contributed by atoms with van der Waals surface area (Å²) in [6.07, 6.45) is 0. The van der Waals surface area contributed by atoms with Crippen LogP contribution in [0.15, 0.2) is 42.5 Å². The van der Waals surface area contributed by atoms with Crippen LogP contribution in [0.2, 0.25) is 0 Å². The van der Waals surface area contributed by atoms with Gasteiger partial charge in [0, 0.05) is 24.0 Å². The number of aryl methyl sites for hydroxylation is 2. The van der Waals surface area contributed by atoms with Crippen molar-refractivity contribution in [1.82, 2.24) is 9.88 Å². The Morgan fingerprint density at radius 3 is 2.54 bits per heavy atom. The molecule has 0 radical (unpaired) electrons. The molecule has 3 rings (SSSR count). The lowest BCUT2D eigenvalue weighted by Gasteiger charge is -2.10. The zero-order valence-electron chi connectivity index (χ0n) is 15.3. The summed E-state index contributed by atoms with van der Waals surface area (Å²) >= 11 is 0. The van der Waals surface area contributed by atoms with Crippen molar-refractivity contribution in [2.45, 2.75) is 33.9 Å². The second kappa shape index (κ2) is 7.60. The highest BCUT2D eigenvalue weighted by molar-refractivity contribution is 6.02. The molecule has 0 aliphatic rings. The maximum absolute atomic E-state index is 13.0. The Hall–Kier alpha value is -2.82. The number of hydrogen-bond donors (Lipinski definition) is 1. The van der Waals surface area contributed by atoms with Gasteiger partial charge in [-0.25, -0.2) is 4.39 Å². The van der Waals surface area contributed by atoms with Crippen molar-refractivity contribution in [1.29, 1.82) is 0 Å². The van der Waals surface area contributed by atoms with Gasteiger partial charge in [-0.3, -0.25) is 4.79 Å². The molecule has 0 spiro atoms. The first-order valence-corrected chi connectivity index (χ1v) is 8.83. The van der Waals surface area contributed by atoms with E-state index in [2.05, 4.69) is 5.32 Å². The summed E-state index contributed by atoms with van der Waals surface area (Å²) < 4.78 is 20.6. The van der Waals surface area contributed by atoms with E-state index < -0.39 is 0 Å². The van der Waals surface area contributed by atoms with Gasteiger partial charge in [-0.1, -0.05) is 12.1 Å². The molecule has 26 heavy (non-hydrogen) atoms. The van der Waals surface area contributed by atoms with Crippen molar-refractivity contribution >= 4 is 16.8 Å². The first-order valence-electron chi connectivity index (χ1n) is 8.83. The number of carbonyl (C=O) groups is 1. The molecule has 2 aromatic carbocycles. The highest BCUT2D eigenvalue weighted by Gasteiger charge is 2.19. The van der Waals surface area contributed by atoms with Gasteiger partial charge in [-0.05, 0) is 62.2 Å². The molecule has 0 fully saturated rings. The van der Waals surface area contributed by atoms with Crippen LogP contribution < -0.4 is 10.1 Å². The predicted octanol–water partition coefficient (Wildman–Crippen LogP) is 4.44. The minimum atomic E-state index is -0.285. The molecule has 1 amide bonds. The van der Waals surface area contributed by atoms with Gasteiger partial charge in [0.1, 0.15) is 17.3 Å². The molecule has 0 aliphatic heterocycles. The van der Waals surface area contributed by atoms with E-state index in [0.717, 1.165) is 27.8 Å². The number of amides is 1. The molecule has 5 heteroatoms. The highest BCUT2D eigenvalue weighted by atomic mass is 19.1. The van der Waals surface area contributed by atoms with Crippen LogP contribution in [-0.2, 0) is 13.1 Å². The van der Waals surface area contributed by atoms with Crippen LogP contribution >= 0.6 is 0 Å². The van der Waals surface area contributed by atoms with Gasteiger partial charge < -0.3 is 14.6 Å². The Morgan fingerprint density at radius 2 is 1.88 bits per heavy atom. The number of fused-ring (bicyclic) bond motifs is 1. The minimum Gasteiger partial charge on any atom is -0.494 e. The SMILES string of the molecule is CCOc1ccc2c(c1)c(C)c(C(=O)NCc1ccc(F)cc1)n2CC. The zero-order valence-corrected chi connectivity index (χ0v) is 15.3. The number of hydrogen-bond acceptors (Lipinski definition) is 2. The van der Waals surface area contributed by atoms with Crippen LogP contribution in [0, 0.1) is 12.7 Å². The van der Waals surface area contributed by atoms with Gasteiger partial charge in [0.05, 0.1) is 6.61 Å². The molecule has 1 N–H and O–H groups in total. The molecule has 0 saturated heterocycles. The van der Waals surface area contributed by atoms with Crippen LogP contribution in [0.25, 0.3) is 10.9 Å². The average molecular weight is 354 g/mol.